The van der Waals surface area contributed by atoms with Gasteiger partial charge in [0.2, 0.25) is 0 Å². The van der Waals surface area contributed by atoms with E-state index in [0.717, 1.165) is 0 Å². The van der Waals surface area contributed by atoms with E-state index in [1.54, 1.807) is 30.9 Å². The maximum Gasteiger partial charge on any atom is 0.322 e. The van der Waals surface area contributed by atoms with Gasteiger partial charge in [-0.25, -0.2) is 0 Å². The van der Waals surface area contributed by atoms with Gasteiger partial charge >= 0.3 is 6.01 Å². The Morgan fingerprint density at radius 3 is 2.90 bits per heavy atom. The van der Waals surface area contributed by atoms with Crippen molar-refractivity contribution in [3.05, 3.63) is 29.8 Å². The van der Waals surface area contributed by atoms with Crippen molar-refractivity contribution in [2.45, 2.75) is 6.92 Å². The molecule has 9 heteroatoms. The Bertz CT molecular complexity index is 756. The molecule has 0 aliphatic rings. The highest BCUT2D eigenvalue weighted by Gasteiger charge is 2.16. The van der Waals surface area contributed by atoms with Gasteiger partial charge in [-0.05, 0) is 13.0 Å². The first-order valence-corrected chi connectivity index (χ1v) is 5.70. The van der Waals surface area contributed by atoms with Gasteiger partial charge in [0.25, 0.3) is 11.8 Å². The highest BCUT2D eigenvalue weighted by Crippen LogP contribution is 2.17. The van der Waals surface area contributed by atoms with Gasteiger partial charge in [0.1, 0.15) is 11.5 Å². The van der Waals surface area contributed by atoms with Crippen LogP contribution in [-0.2, 0) is 7.05 Å². The largest absolute Gasteiger partial charge is 0.401 e. The maximum atomic E-state index is 11.8. The predicted molar refractivity (Wildman–Crippen MR) is 65.7 cm³/mol. The summed E-state index contributed by atoms with van der Waals surface area (Å²) in [6, 6.07) is 3.20. The number of hydrogen-bond donors (Lipinski definition) is 1. The first-order chi connectivity index (χ1) is 9.61. The number of carbonyl (C=O) groups is 1. The minimum absolute atomic E-state index is 0.0312. The first kappa shape index (κ1) is 12.1. The van der Waals surface area contributed by atoms with Crippen LogP contribution in [0.5, 0.6) is 0 Å². The van der Waals surface area contributed by atoms with Crippen LogP contribution in [0, 0.1) is 6.92 Å². The molecule has 0 aliphatic heterocycles. The van der Waals surface area contributed by atoms with E-state index >= 15 is 0 Å². The van der Waals surface area contributed by atoms with Crippen molar-refractivity contribution in [1.29, 1.82) is 0 Å². The molecule has 0 aliphatic carbocycles. The maximum absolute atomic E-state index is 11.8. The Balaban J connectivity index is 1.76. The monoisotopic (exact) mass is 274 g/mol. The van der Waals surface area contributed by atoms with Crippen LogP contribution < -0.4 is 5.32 Å². The van der Waals surface area contributed by atoms with E-state index in [-0.39, 0.29) is 17.6 Å². The van der Waals surface area contributed by atoms with Crippen LogP contribution in [0.3, 0.4) is 0 Å². The number of rotatable bonds is 3. The first-order valence-electron chi connectivity index (χ1n) is 5.70. The lowest BCUT2D eigenvalue weighted by atomic mass is 10.3. The second kappa shape index (κ2) is 4.61. The van der Waals surface area contributed by atoms with Crippen LogP contribution in [0.2, 0.25) is 0 Å². The molecule has 0 spiro atoms. The van der Waals surface area contributed by atoms with Crippen molar-refractivity contribution in [2.75, 3.05) is 5.32 Å². The fourth-order valence-corrected chi connectivity index (χ4v) is 1.54. The minimum atomic E-state index is -0.488. The molecule has 0 aromatic carbocycles. The molecule has 3 rings (SSSR count). The average Bonchev–Trinajstić information content (AvgIpc) is 3.10. The van der Waals surface area contributed by atoms with Crippen LogP contribution in [0.15, 0.2) is 27.3 Å². The quantitative estimate of drug-likeness (QED) is 0.758. The van der Waals surface area contributed by atoms with Gasteiger partial charge in [0, 0.05) is 19.3 Å². The lowest BCUT2D eigenvalue weighted by Crippen LogP contribution is -2.12. The average molecular weight is 274 g/mol. The van der Waals surface area contributed by atoms with Crippen molar-refractivity contribution < 1.29 is 13.7 Å². The molecule has 3 aromatic heterocycles. The van der Waals surface area contributed by atoms with Crippen molar-refractivity contribution in [1.82, 2.24) is 25.1 Å². The van der Waals surface area contributed by atoms with Gasteiger partial charge in [0.15, 0.2) is 5.69 Å². The van der Waals surface area contributed by atoms with Crippen LogP contribution in [-0.4, -0.2) is 31.0 Å². The Labute approximate surface area is 112 Å². The molecule has 9 nitrogen and oxygen atoms in total. The summed E-state index contributed by atoms with van der Waals surface area (Å²) in [6.45, 7) is 1.69. The fraction of sp³-hybridized carbons (Fsp3) is 0.182. The Kier molecular flexibility index (Phi) is 2.78. The number of aromatic nitrogens is 5. The molecule has 3 aromatic rings. The van der Waals surface area contributed by atoms with Crippen molar-refractivity contribution in [2.24, 2.45) is 7.05 Å². The molecule has 3 heterocycles. The molecular weight excluding hydrogens is 264 g/mol. The van der Waals surface area contributed by atoms with Gasteiger partial charge in [-0.2, -0.15) is 5.10 Å². The Morgan fingerprint density at radius 2 is 2.25 bits per heavy atom. The van der Waals surface area contributed by atoms with E-state index in [1.165, 1.54) is 6.07 Å². The molecule has 0 saturated heterocycles. The number of nitrogens with one attached hydrogen (secondary N) is 1. The summed E-state index contributed by atoms with van der Waals surface area (Å²) in [5.74, 6) is 0.269. The zero-order valence-corrected chi connectivity index (χ0v) is 10.7. The molecule has 20 heavy (non-hydrogen) atoms. The van der Waals surface area contributed by atoms with Gasteiger partial charge in [-0.3, -0.25) is 14.8 Å². The number of aryl methyl sites for hydroxylation is 2. The minimum Gasteiger partial charge on any atom is -0.401 e. The van der Waals surface area contributed by atoms with Crippen molar-refractivity contribution in [3.63, 3.8) is 0 Å². The zero-order chi connectivity index (χ0) is 14.1. The highest BCUT2D eigenvalue weighted by molar-refractivity contribution is 6.01. The molecular formula is C11H10N6O3. The van der Waals surface area contributed by atoms with Crippen LogP contribution in [0.4, 0.5) is 6.01 Å². The molecule has 0 radical (unpaired) electrons. The van der Waals surface area contributed by atoms with Gasteiger partial charge in [-0.1, -0.05) is 10.3 Å². The summed E-state index contributed by atoms with van der Waals surface area (Å²) in [4.78, 5) is 11.8. The number of anilines is 1. The standard InChI is InChI=1S/C11H10N6O3/c1-6-5-8(16-20-6)9(18)12-11-14-13-10(19-11)7-3-4-17(2)15-7/h3-5H,1-2H3,(H,12,14,18). The number of nitrogens with zero attached hydrogens (tertiary/aromatic N) is 5. The zero-order valence-electron chi connectivity index (χ0n) is 10.7. The van der Waals surface area contributed by atoms with Gasteiger partial charge in [-0.15, -0.1) is 5.10 Å². The predicted octanol–water partition coefficient (Wildman–Crippen LogP) is 1.02. The second-order valence-electron chi connectivity index (χ2n) is 4.06. The second-order valence-corrected chi connectivity index (χ2v) is 4.06. The topological polar surface area (TPSA) is 112 Å². The molecule has 1 amide bonds. The number of amides is 1. The third-order valence-electron chi connectivity index (χ3n) is 2.44. The van der Waals surface area contributed by atoms with E-state index in [9.17, 15) is 4.79 Å². The van der Waals surface area contributed by atoms with E-state index in [1.807, 2.05) is 0 Å². The summed E-state index contributed by atoms with van der Waals surface area (Å²) in [7, 11) is 1.77. The molecule has 1 N–H and O–H groups in total. The number of hydrogen-bond acceptors (Lipinski definition) is 7. The highest BCUT2D eigenvalue weighted by atomic mass is 16.5. The third-order valence-corrected chi connectivity index (χ3v) is 2.44. The summed E-state index contributed by atoms with van der Waals surface area (Å²) < 4.78 is 11.7. The molecule has 0 saturated carbocycles. The van der Waals surface area contributed by atoms with Crippen LogP contribution in [0.25, 0.3) is 11.6 Å². The van der Waals surface area contributed by atoms with E-state index in [4.69, 9.17) is 8.94 Å². The van der Waals surface area contributed by atoms with Crippen LogP contribution in [0.1, 0.15) is 16.2 Å². The SMILES string of the molecule is Cc1cc(C(=O)Nc2nnc(-c3ccn(C)n3)o2)no1. The lowest BCUT2D eigenvalue weighted by molar-refractivity contribution is 0.101. The van der Waals surface area contributed by atoms with E-state index in [2.05, 4.69) is 25.8 Å². The molecule has 0 atom stereocenters. The molecule has 0 fully saturated rings. The summed E-state index contributed by atoms with van der Waals surface area (Å²) in [6.07, 6.45) is 1.75. The summed E-state index contributed by atoms with van der Waals surface area (Å²) in [5.41, 5.74) is 0.665. The van der Waals surface area contributed by atoms with Gasteiger partial charge < -0.3 is 8.94 Å². The van der Waals surface area contributed by atoms with E-state index < -0.39 is 5.91 Å². The molecule has 0 unspecified atom stereocenters. The van der Waals surface area contributed by atoms with Crippen molar-refractivity contribution in [3.8, 4) is 11.6 Å². The Hall–Kier alpha value is -2.97. The third kappa shape index (κ3) is 2.28. The smallest absolute Gasteiger partial charge is 0.322 e. The number of carbonyl (C=O) groups excluding carboxylic acids is 1. The van der Waals surface area contributed by atoms with Crippen LogP contribution >= 0.6 is 0 Å². The molecule has 102 valence electrons. The summed E-state index contributed by atoms with van der Waals surface area (Å²) in [5, 5.41) is 17.7. The normalized spacial score (nSPS) is 10.7. The lowest BCUT2D eigenvalue weighted by Gasteiger charge is -1.94. The fourth-order valence-electron chi connectivity index (χ4n) is 1.54. The van der Waals surface area contributed by atoms with Crippen molar-refractivity contribution >= 4 is 11.9 Å². The van der Waals surface area contributed by atoms with E-state index in [0.29, 0.717) is 11.5 Å². The van der Waals surface area contributed by atoms with Gasteiger partial charge in [0.05, 0.1) is 0 Å². The Morgan fingerprint density at radius 1 is 1.40 bits per heavy atom. The summed E-state index contributed by atoms with van der Waals surface area (Å²) >= 11 is 0. The molecule has 0 bridgehead atoms.